The molecule has 0 fully saturated rings. The predicted octanol–water partition coefficient (Wildman–Crippen LogP) is 6.17. The van der Waals surface area contributed by atoms with Crippen molar-refractivity contribution in [1.82, 2.24) is 29.7 Å². The van der Waals surface area contributed by atoms with Crippen molar-refractivity contribution in [2.45, 2.75) is 58.3 Å². The van der Waals surface area contributed by atoms with Crippen molar-refractivity contribution in [1.29, 1.82) is 0 Å². The fraction of sp³-hybridized carbons (Fsp3) is 0.478. The Balaban J connectivity index is 1.15. The lowest BCUT2D eigenvalue weighted by atomic mass is 10.1. The third-order valence-electron chi connectivity index (χ3n) is 5.32. The zero-order chi connectivity index (χ0) is 22.6. The van der Waals surface area contributed by atoms with Crippen molar-refractivity contribution in [3.8, 4) is 0 Å². The summed E-state index contributed by atoms with van der Waals surface area (Å²) in [6.45, 7) is 5.86. The van der Waals surface area contributed by atoms with Gasteiger partial charge in [-0.05, 0) is 25.9 Å². The molecular formula is C23H30N6S4. The Bertz CT molecular complexity index is 818. The summed E-state index contributed by atoms with van der Waals surface area (Å²) in [4.78, 5) is 22.9. The van der Waals surface area contributed by atoms with Gasteiger partial charge in [-0.1, -0.05) is 19.3 Å². The normalized spacial score (nSPS) is 11.7. The van der Waals surface area contributed by atoms with Crippen LogP contribution in [0.3, 0.4) is 0 Å². The molecule has 33 heavy (non-hydrogen) atoms. The van der Waals surface area contributed by atoms with E-state index in [0.29, 0.717) is 0 Å². The molecule has 0 radical (unpaired) electrons. The number of unbranched alkanes of at least 4 members (excludes halogenated alkanes) is 4. The topological polar surface area (TPSA) is 58.0 Å². The number of hydrogen-bond acceptors (Lipinski definition) is 10. The van der Waals surface area contributed by atoms with Crippen LogP contribution in [0.4, 0.5) is 0 Å². The summed E-state index contributed by atoms with van der Waals surface area (Å²) in [5.41, 5.74) is 0. The van der Waals surface area contributed by atoms with Crippen LogP contribution in [0.25, 0.3) is 0 Å². The lowest BCUT2D eigenvalue weighted by Gasteiger charge is -2.21. The molecule has 6 nitrogen and oxygen atoms in total. The molecule has 4 rings (SSSR count). The monoisotopic (exact) mass is 518 g/mol. The van der Waals surface area contributed by atoms with Gasteiger partial charge in [-0.3, -0.25) is 9.80 Å². The molecule has 0 spiro atoms. The predicted molar refractivity (Wildman–Crippen MR) is 140 cm³/mol. The second-order valence-electron chi connectivity index (χ2n) is 7.89. The van der Waals surface area contributed by atoms with Gasteiger partial charge in [0.2, 0.25) is 0 Å². The molecule has 0 aliphatic heterocycles. The summed E-state index contributed by atoms with van der Waals surface area (Å²) in [5.74, 6) is 0. The van der Waals surface area contributed by atoms with Gasteiger partial charge in [0, 0.05) is 46.3 Å². The Hall–Kier alpha value is -1.56. The fourth-order valence-corrected chi connectivity index (χ4v) is 6.35. The van der Waals surface area contributed by atoms with Gasteiger partial charge in [0.15, 0.2) is 0 Å². The standard InChI is InChI=1S/C23H30N6S4/c1(2-4-10-28(16-20-24-6-12-30-20)17-21-25-7-13-31-21)3-5-11-29(18-22-26-8-14-32-22)19-23-27-9-15-33-23/h6-9,12-15H,1-5,10-11,16-19H2. The molecule has 0 atom stereocenters. The molecule has 4 aromatic heterocycles. The smallest absolute Gasteiger partial charge is 0.107 e. The van der Waals surface area contributed by atoms with Crippen molar-refractivity contribution >= 4 is 45.3 Å². The van der Waals surface area contributed by atoms with Gasteiger partial charge in [0.1, 0.15) is 20.0 Å². The molecule has 0 unspecified atom stereocenters. The van der Waals surface area contributed by atoms with E-state index in [-0.39, 0.29) is 0 Å². The summed E-state index contributed by atoms with van der Waals surface area (Å²) in [6.07, 6.45) is 13.8. The molecular weight excluding hydrogens is 489 g/mol. The minimum atomic E-state index is 0.916. The van der Waals surface area contributed by atoms with E-state index in [0.717, 1.165) is 39.3 Å². The first kappa shape index (κ1) is 24.6. The Kier molecular flexibility index (Phi) is 10.4. The van der Waals surface area contributed by atoms with Crippen molar-refractivity contribution in [3.05, 3.63) is 66.3 Å². The molecule has 0 saturated carbocycles. The van der Waals surface area contributed by atoms with E-state index in [1.54, 1.807) is 45.3 Å². The summed E-state index contributed by atoms with van der Waals surface area (Å²) < 4.78 is 0. The van der Waals surface area contributed by atoms with Crippen LogP contribution in [0, 0.1) is 0 Å². The van der Waals surface area contributed by atoms with Crippen molar-refractivity contribution < 1.29 is 0 Å². The summed E-state index contributed by atoms with van der Waals surface area (Å²) in [5, 5.41) is 13.0. The second-order valence-corrected chi connectivity index (χ2v) is 11.8. The molecule has 0 aromatic carbocycles. The van der Waals surface area contributed by atoms with Crippen molar-refractivity contribution in [2.24, 2.45) is 0 Å². The molecule has 0 amide bonds. The van der Waals surface area contributed by atoms with Crippen LogP contribution in [0.5, 0.6) is 0 Å². The van der Waals surface area contributed by atoms with E-state index < -0.39 is 0 Å². The fourth-order valence-electron chi connectivity index (χ4n) is 3.72. The first-order chi connectivity index (χ1) is 16.3. The van der Waals surface area contributed by atoms with Crippen LogP contribution in [0.2, 0.25) is 0 Å². The average molecular weight is 519 g/mol. The first-order valence-electron chi connectivity index (χ1n) is 11.3. The molecule has 10 heteroatoms. The van der Waals surface area contributed by atoms with Crippen LogP contribution in [0.15, 0.2) is 46.3 Å². The van der Waals surface area contributed by atoms with E-state index >= 15 is 0 Å². The van der Waals surface area contributed by atoms with Crippen LogP contribution >= 0.6 is 45.3 Å². The third kappa shape index (κ3) is 8.95. The van der Waals surface area contributed by atoms with Crippen LogP contribution in [-0.2, 0) is 26.2 Å². The minimum absolute atomic E-state index is 0.916. The highest BCUT2D eigenvalue weighted by Gasteiger charge is 2.12. The molecule has 0 bridgehead atoms. The maximum atomic E-state index is 4.47. The van der Waals surface area contributed by atoms with Gasteiger partial charge in [0.25, 0.3) is 0 Å². The lowest BCUT2D eigenvalue weighted by Crippen LogP contribution is -2.24. The van der Waals surface area contributed by atoms with E-state index in [1.165, 1.54) is 52.1 Å². The van der Waals surface area contributed by atoms with E-state index in [2.05, 4.69) is 51.3 Å². The first-order valence-corrected chi connectivity index (χ1v) is 14.9. The summed E-state index contributed by atoms with van der Waals surface area (Å²) in [7, 11) is 0. The Morgan fingerprint density at radius 1 is 0.455 bits per heavy atom. The number of rotatable bonds is 16. The SMILES string of the molecule is c1csc(CN(CCCCCCCN(Cc2nccs2)Cc2nccs2)Cc2nccs2)n1. The Labute approximate surface area is 212 Å². The molecule has 0 N–H and O–H groups in total. The van der Waals surface area contributed by atoms with Gasteiger partial charge in [-0.25, -0.2) is 19.9 Å². The summed E-state index contributed by atoms with van der Waals surface area (Å²) >= 11 is 6.95. The quantitative estimate of drug-likeness (QED) is 0.165. The summed E-state index contributed by atoms with van der Waals surface area (Å²) in [6, 6.07) is 0. The van der Waals surface area contributed by atoms with Gasteiger partial charge in [0.05, 0.1) is 26.2 Å². The maximum absolute atomic E-state index is 4.47. The van der Waals surface area contributed by atoms with E-state index in [9.17, 15) is 0 Å². The molecule has 176 valence electrons. The number of aromatic nitrogens is 4. The Morgan fingerprint density at radius 3 is 1.03 bits per heavy atom. The highest BCUT2D eigenvalue weighted by atomic mass is 32.1. The lowest BCUT2D eigenvalue weighted by molar-refractivity contribution is 0.243. The van der Waals surface area contributed by atoms with Crippen molar-refractivity contribution in [2.75, 3.05) is 13.1 Å². The van der Waals surface area contributed by atoms with E-state index in [1.807, 2.05) is 24.8 Å². The number of hydrogen-bond donors (Lipinski definition) is 0. The van der Waals surface area contributed by atoms with Gasteiger partial charge >= 0.3 is 0 Å². The largest absolute Gasteiger partial charge is 0.290 e. The highest BCUT2D eigenvalue weighted by Crippen LogP contribution is 2.17. The Morgan fingerprint density at radius 2 is 0.758 bits per heavy atom. The zero-order valence-corrected chi connectivity index (χ0v) is 22.0. The number of thiazole rings is 4. The minimum Gasteiger partial charge on any atom is -0.290 e. The van der Waals surface area contributed by atoms with Crippen LogP contribution in [-0.4, -0.2) is 42.8 Å². The zero-order valence-electron chi connectivity index (χ0n) is 18.7. The van der Waals surface area contributed by atoms with Crippen LogP contribution < -0.4 is 0 Å². The van der Waals surface area contributed by atoms with Gasteiger partial charge in [-0.15, -0.1) is 45.3 Å². The molecule has 0 saturated heterocycles. The maximum Gasteiger partial charge on any atom is 0.107 e. The second kappa shape index (κ2) is 14.0. The molecule has 0 aliphatic rings. The van der Waals surface area contributed by atoms with Gasteiger partial charge in [-0.2, -0.15) is 0 Å². The number of nitrogens with zero attached hydrogens (tertiary/aromatic N) is 6. The van der Waals surface area contributed by atoms with E-state index in [4.69, 9.17) is 0 Å². The van der Waals surface area contributed by atoms with Crippen molar-refractivity contribution in [3.63, 3.8) is 0 Å². The third-order valence-corrected chi connectivity index (χ3v) is 8.38. The molecule has 0 aliphatic carbocycles. The molecule has 4 heterocycles. The van der Waals surface area contributed by atoms with Gasteiger partial charge < -0.3 is 0 Å². The van der Waals surface area contributed by atoms with Crippen LogP contribution in [0.1, 0.15) is 52.1 Å². The average Bonchev–Trinajstić information content (AvgIpc) is 3.62. The molecule has 4 aromatic rings. The highest BCUT2D eigenvalue weighted by molar-refractivity contribution is 7.10.